The first-order chi connectivity index (χ1) is 16.1. The van der Waals surface area contributed by atoms with E-state index < -0.39 is 40.6 Å². The maximum Gasteiger partial charge on any atom is 0.323 e. The Bertz CT molecular complexity index is 1180. The van der Waals surface area contributed by atoms with Crippen molar-refractivity contribution in [3.8, 4) is 0 Å². The molecule has 2 amide bonds. The molecule has 2 aromatic rings. The van der Waals surface area contributed by atoms with Gasteiger partial charge < -0.3 is 20.5 Å². The number of hydrogen-bond acceptors (Lipinski definition) is 7. The van der Waals surface area contributed by atoms with E-state index in [2.05, 4.69) is 15.4 Å². The molecule has 184 valence electrons. The van der Waals surface area contributed by atoms with E-state index in [1.807, 2.05) is 0 Å². The summed E-state index contributed by atoms with van der Waals surface area (Å²) < 4.78 is 34.1. The molecule has 1 aliphatic heterocycles. The molecule has 10 nitrogen and oxygen atoms in total. The Balaban J connectivity index is 1.76. The molecular weight excluding hydrogens is 506 g/mol. The first kappa shape index (κ1) is 26.1. The number of aliphatic carboxylic acids is 1. The van der Waals surface area contributed by atoms with E-state index >= 15 is 0 Å². The summed E-state index contributed by atoms with van der Waals surface area (Å²) in [7, 11) is -4.32. The second kappa shape index (κ2) is 11.3. The summed E-state index contributed by atoms with van der Waals surface area (Å²) in [6.45, 7) is 1.72. The lowest BCUT2D eigenvalue weighted by Crippen LogP contribution is -2.48. The third-order valence-corrected chi connectivity index (χ3v) is 7.90. The molecule has 1 fully saturated rings. The van der Waals surface area contributed by atoms with Gasteiger partial charge >= 0.3 is 5.97 Å². The molecule has 0 radical (unpaired) electrons. The van der Waals surface area contributed by atoms with Gasteiger partial charge in [-0.1, -0.05) is 24.6 Å². The number of sulfonamides is 1. The molecule has 4 N–H and O–H groups in total. The molecule has 3 rings (SSSR count). The number of carboxylic acid groups (broad SMARTS) is 1. The van der Waals surface area contributed by atoms with Gasteiger partial charge in [0.15, 0.2) is 0 Å². The fraction of sp³-hybridized carbons (Fsp3) is 0.381. The highest BCUT2D eigenvalue weighted by Crippen LogP contribution is 2.26. The van der Waals surface area contributed by atoms with Crippen LogP contribution in [0.3, 0.4) is 0 Å². The van der Waals surface area contributed by atoms with Crippen molar-refractivity contribution in [2.45, 2.75) is 43.2 Å². The van der Waals surface area contributed by atoms with E-state index in [0.717, 1.165) is 17.8 Å². The highest BCUT2D eigenvalue weighted by Gasteiger charge is 2.29. The molecule has 1 aromatic carbocycles. The first-order valence-electron chi connectivity index (χ1n) is 10.5. The average Bonchev–Trinajstić information content (AvgIpc) is 3.48. The van der Waals surface area contributed by atoms with Gasteiger partial charge in [-0.05, 0) is 49.1 Å². The Labute approximate surface area is 205 Å². The maximum absolute atomic E-state index is 13.1. The standard InChI is InChI=1S/C21H24ClN3O7S2/c1-2-12-13(24-19(26)15-6-4-10-32-15)5-3-7-17(12)34(30,31)25-14(21(28)29)11-23-20(27)16-8-9-18(22)33-16/h3,5,7-9,14-15,25H,2,4,6,10-11H2,1H3,(H,23,27)(H,24,26)(H,28,29)/t14-,15?/m0/s1. The summed E-state index contributed by atoms with van der Waals surface area (Å²) in [5.74, 6) is -2.40. The van der Waals surface area contributed by atoms with Crippen LogP contribution in [0.4, 0.5) is 5.69 Å². The predicted octanol–water partition coefficient (Wildman–Crippen LogP) is 2.24. The minimum atomic E-state index is -4.32. The molecule has 0 spiro atoms. The number of amides is 2. The van der Waals surface area contributed by atoms with Crippen LogP contribution in [0.15, 0.2) is 35.2 Å². The number of benzene rings is 1. The van der Waals surface area contributed by atoms with Crippen LogP contribution in [0, 0.1) is 0 Å². The van der Waals surface area contributed by atoms with Gasteiger partial charge in [-0.2, -0.15) is 4.72 Å². The molecule has 1 aliphatic rings. The lowest BCUT2D eigenvalue weighted by atomic mass is 10.1. The number of carbonyl (C=O) groups excluding carboxylic acids is 2. The molecule has 0 aliphatic carbocycles. The van der Waals surface area contributed by atoms with Crippen LogP contribution < -0.4 is 15.4 Å². The van der Waals surface area contributed by atoms with Crippen molar-refractivity contribution in [3.63, 3.8) is 0 Å². The van der Waals surface area contributed by atoms with Gasteiger partial charge in [0.05, 0.1) is 14.1 Å². The average molecular weight is 530 g/mol. The van der Waals surface area contributed by atoms with Gasteiger partial charge in [-0.3, -0.25) is 14.4 Å². The molecule has 1 aromatic heterocycles. The fourth-order valence-corrected chi connectivity index (χ4v) is 5.93. The number of hydrogen-bond donors (Lipinski definition) is 4. The number of anilines is 1. The smallest absolute Gasteiger partial charge is 0.323 e. The topological polar surface area (TPSA) is 151 Å². The monoisotopic (exact) mass is 529 g/mol. The summed E-state index contributed by atoms with van der Waals surface area (Å²) in [5.41, 5.74) is 0.628. The highest BCUT2D eigenvalue weighted by molar-refractivity contribution is 7.89. The SMILES string of the molecule is CCc1c(NC(=O)C2CCCO2)cccc1S(=O)(=O)N[C@@H](CNC(=O)c1ccc(Cl)s1)C(=O)O. The fourth-order valence-electron chi connectivity index (χ4n) is 3.45. The van der Waals surface area contributed by atoms with E-state index in [1.165, 1.54) is 24.3 Å². The minimum Gasteiger partial charge on any atom is -0.480 e. The molecule has 2 heterocycles. The van der Waals surface area contributed by atoms with Crippen LogP contribution in [0.1, 0.15) is 35.0 Å². The number of carbonyl (C=O) groups is 3. The molecule has 0 saturated carbocycles. The van der Waals surface area contributed by atoms with E-state index in [1.54, 1.807) is 13.0 Å². The van der Waals surface area contributed by atoms with E-state index in [9.17, 15) is 27.9 Å². The van der Waals surface area contributed by atoms with Gasteiger partial charge in [-0.25, -0.2) is 8.42 Å². The zero-order valence-corrected chi connectivity index (χ0v) is 20.6. The Morgan fingerprint density at radius 2 is 2.03 bits per heavy atom. The molecule has 2 atom stereocenters. The Hall–Kier alpha value is -2.51. The highest BCUT2D eigenvalue weighted by atomic mass is 35.5. The van der Waals surface area contributed by atoms with Crippen LogP contribution in [-0.2, 0) is 30.8 Å². The third kappa shape index (κ3) is 6.33. The van der Waals surface area contributed by atoms with Gasteiger partial charge in [0.2, 0.25) is 10.0 Å². The van der Waals surface area contributed by atoms with Crippen LogP contribution in [0.5, 0.6) is 0 Å². The quantitative estimate of drug-likeness (QED) is 0.368. The Morgan fingerprint density at radius 3 is 2.62 bits per heavy atom. The van der Waals surface area contributed by atoms with Crippen LogP contribution in [-0.4, -0.2) is 56.6 Å². The van der Waals surface area contributed by atoms with E-state index in [0.29, 0.717) is 28.6 Å². The number of ether oxygens (including phenoxy) is 1. The summed E-state index contributed by atoms with van der Waals surface area (Å²) in [6, 6.07) is 5.73. The number of nitrogens with one attached hydrogen (secondary N) is 3. The first-order valence-corrected chi connectivity index (χ1v) is 13.1. The van der Waals surface area contributed by atoms with Crippen LogP contribution in [0.25, 0.3) is 0 Å². The van der Waals surface area contributed by atoms with Crippen LogP contribution >= 0.6 is 22.9 Å². The van der Waals surface area contributed by atoms with Gasteiger partial charge in [0.1, 0.15) is 12.1 Å². The largest absolute Gasteiger partial charge is 0.480 e. The molecule has 0 bridgehead atoms. The number of thiophene rings is 1. The Morgan fingerprint density at radius 1 is 1.26 bits per heavy atom. The van der Waals surface area contributed by atoms with Gasteiger partial charge in [0.25, 0.3) is 11.8 Å². The van der Waals surface area contributed by atoms with Crippen molar-refractivity contribution in [3.05, 3.63) is 45.1 Å². The number of halogens is 1. The second-order valence-corrected chi connectivity index (χ2v) is 10.9. The summed E-state index contributed by atoms with van der Waals surface area (Å²) >= 11 is 6.81. The van der Waals surface area contributed by atoms with Crippen molar-refractivity contribution in [1.82, 2.24) is 10.0 Å². The number of rotatable bonds is 10. The van der Waals surface area contributed by atoms with Crippen molar-refractivity contribution in [2.24, 2.45) is 0 Å². The summed E-state index contributed by atoms with van der Waals surface area (Å²) in [4.78, 5) is 36.5. The maximum atomic E-state index is 13.1. The van der Waals surface area contributed by atoms with E-state index in [-0.39, 0.29) is 22.1 Å². The van der Waals surface area contributed by atoms with Gasteiger partial charge in [-0.15, -0.1) is 11.3 Å². The van der Waals surface area contributed by atoms with Crippen molar-refractivity contribution < 1.29 is 32.6 Å². The van der Waals surface area contributed by atoms with E-state index in [4.69, 9.17) is 16.3 Å². The summed E-state index contributed by atoms with van der Waals surface area (Å²) in [6.07, 6.45) is 1.01. The van der Waals surface area contributed by atoms with Gasteiger partial charge in [0, 0.05) is 18.8 Å². The molecule has 1 saturated heterocycles. The van der Waals surface area contributed by atoms with Crippen molar-refractivity contribution in [1.29, 1.82) is 0 Å². The lowest BCUT2D eigenvalue weighted by molar-refractivity contribution is -0.138. The zero-order valence-electron chi connectivity index (χ0n) is 18.2. The van der Waals surface area contributed by atoms with Crippen LogP contribution in [0.2, 0.25) is 4.34 Å². The summed E-state index contributed by atoms with van der Waals surface area (Å²) in [5, 5.41) is 14.6. The molecule has 13 heteroatoms. The predicted molar refractivity (Wildman–Crippen MR) is 127 cm³/mol. The third-order valence-electron chi connectivity index (χ3n) is 5.12. The normalized spacial score (nSPS) is 16.7. The second-order valence-electron chi connectivity index (χ2n) is 7.45. The molecular formula is C21H24ClN3O7S2. The van der Waals surface area contributed by atoms with Crippen molar-refractivity contribution >= 4 is 56.4 Å². The number of carboxylic acids is 1. The molecule has 1 unspecified atom stereocenters. The minimum absolute atomic E-state index is 0.164. The molecule has 34 heavy (non-hydrogen) atoms. The Kier molecular flexibility index (Phi) is 8.66. The lowest BCUT2D eigenvalue weighted by Gasteiger charge is -2.19. The van der Waals surface area contributed by atoms with Crippen molar-refractivity contribution in [2.75, 3.05) is 18.5 Å². The zero-order chi connectivity index (χ0) is 24.9.